The quantitative estimate of drug-likeness (QED) is 0.512. The van der Waals surface area contributed by atoms with Gasteiger partial charge in [0.15, 0.2) is 0 Å². The van der Waals surface area contributed by atoms with E-state index in [0.717, 1.165) is 5.66 Å². The third kappa shape index (κ3) is 1.80. The van der Waals surface area contributed by atoms with E-state index in [1.807, 2.05) is 0 Å². The summed E-state index contributed by atoms with van der Waals surface area (Å²) in [6, 6.07) is 0. The fourth-order valence-electron chi connectivity index (χ4n) is 1.19. The van der Waals surface area contributed by atoms with E-state index < -0.39 is 0 Å². The Hall–Kier alpha value is 0.520. The number of rotatable bonds is 1. The average Bonchev–Trinajstić information content (AvgIpc) is 1.90. The molecule has 0 nitrogen and oxygen atoms in total. The van der Waals surface area contributed by atoms with Crippen molar-refractivity contribution < 1.29 is 0 Å². The average molecular weight is 146 g/mol. The van der Waals surface area contributed by atoms with Crippen LogP contribution in [0.5, 0.6) is 0 Å². The highest BCUT2D eigenvalue weighted by atomic mass is 32.4. The molecule has 0 unspecified atom stereocenters. The van der Waals surface area contributed by atoms with Gasteiger partial charge in [-0.1, -0.05) is 31.1 Å². The molecule has 1 aliphatic carbocycles. The molecule has 1 aliphatic rings. The van der Waals surface area contributed by atoms with Crippen LogP contribution in [0.15, 0.2) is 0 Å². The standard InChI is InChI=1S/C6H11PS/c8-7-6-4-2-1-3-5-6/h6H,1-5H2. The molecule has 0 aliphatic heterocycles. The molecule has 1 saturated carbocycles. The van der Waals surface area contributed by atoms with Crippen molar-refractivity contribution in [1.82, 2.24) is 0 Å². The second-order valence-corrected chi connectivity index (χ2v) is 3.97. The zero-order valence-corrected chi connectivity index (χ0v) is 6.68. The van der Waals surface area contributed by atoms with Crippen molar-refractivity contribution in [3.63, 3.8) is 0 Å². The van der Waals surface area contributed by atoms with Gasteiger partial charge >= 0.3 is 0 Å². The van der Waals surface area contributed by atoms with E-state index in [0.29, 0.717) is 0 Å². The first-order chi connectivity index (χ1) is 3.93. The molecule has 0 atom stereocenters. The second kappa shape index (κ2) is 3.53. The van der Waals surface area contributed by atoms with Gasteiger partial charge in [0.25, 0.3) is 0 Å². The lowest BCUT2D eigenvalue weighted by Crippen LogP contribution is -2.03. The monoisotopic (exact) mass is 146 g/mol. The predicted molar refractivity (Wildman–Crippen MR) is 41.2 cm³/mol. The molecule has 1 rings (SSSR count). The maximum atomic E-state index is 4.94. The van der Waals surface area contributed by atoms with Gasteiger partial charge < -0.3 is 0 Å². The van der Waals surface area contributed by atoms with E-state index in [9.17, 15) is 0 Å². The van der Waals surface area contributed by atoms with Crippen molar-refractivity contribution in [2.45, 2.75) is 37.8 Å². The van der Waals surface area contributed by atoms with Crippen LogP contribution < -0.4 is 0 Å². The Morgan fingerprint density at radius 1 is 1.12 bits per heavy atom. The maximum absolute atomic E-state index is 4.94. The van der Waals surface area contributed by atoms with Crippen molar-refractivity contribution >= 4 is 19.2 Å². The largest absolute Gasteiger partial charge is 0.0575 e. The van der Waals surface area contributed by atoms with Gasteiger partial charge in [-0.25, -0.2) is 0 Å². The topological polar surface area (TPSA) is 0 Å². The molecular formula is C6H11PS. The van der Waals surface area contributed by atoms with Crippen molar-refractivity contribution in [1.29, 1.82) is 0 Å². The number of hydrogen-bond acceptors (Lipinski definition) is 1. The van der Waals surface area contributed by atoms with Crippen molar-refractivity contribution in [3.05, 3.63) is 0 Å². The minimum absolute atomic E-state index is 0.874. The van der Waals surface area contributed by atoms with E-state index in [4.69, 9.17) is 11.8 Å². The molecular weight excluding hydrogens is 135 g/mol. The number of hydrogen-bond donors (Lipinski definition) is 0. The molecule has 0 aromatic rings. The summed E-state index contributed by atoms with van der Waals surface area (Å²) >= 11 is 4.94. The molecule has 8 heavy (non-hydrogen) atoms. The van der Waals surface area contributed by atoms with Gasteiger partial charge in [-0.2, -0.15) is 0 Å². The van der Waals surface area contributed by atoms with Gasteiger partial charge in [-0.05, 0) is 20.2 Å². The summed E-state index contributed by atoms with van der Waals surface area (Å²) in [7, 11) is 1.21. The summed E-state index contributed by atoms with van der Waals surface area (Å²) < 4.78 is 0. The molecule has 0 saturated heterocycles. The summed E-state index contributed by atoms with van der Waals surface area (Å²) in [5, 5.41) is 0. The van der Waals surface area contributed by atoms with Crippen LogP contribution in [0.25, 0.3) is 0 Å². The zero-order chi connectivity index (χ0) is 5.82. The van der Waals surface area contributed by atoms with Gasteiger partial charge in [0.05, 0.1) is 0 Å². The molecule has 0 aromatic carbocycles. The second-order valence-electron chi connectivity index (χ2n) is 2.40. The Balaban J connectivity index is 2.22. The van der Waals surface area contributed by atoms with Crippen LogP contribution in [-0.4, -0.2) is 5.66 Å². The minimum Gasteiger partial charge on any atom is -0.0575 e. The SMILES string of the molecule is S=PC1CCCCC1. The van der Waals surface area contributed by atoms with Gasteiger partial charge in [0, 0.05) is 5.66 Å². The molecule has 0 radical (unpaired) electrons. The summed E-state index contributed by atoms with van der Waals surface area (Å²) in [4.78, 5) is 0. The Morgan fingerprint density at radius 3 is 2.12 bits per heavy atom. The van der Waals surface area contributed by atoms with Crippen molar-refractivity contribution in [2.24, 2.45) is 0 Å². The fourth-order valence-corrected chi connectivity index (χ4v) is 2.39. The van der Waals surface area contributed by atoms with Crippen LogP contribution in [0.4, 0.5) is 0 Å². The summed E-state index contributed by atoms with van der Waals surface area (Å²) in [5.41, 5.74) is 0.874. The third-order valence-corrected chi connectivity index (χ3v) is 3.43. The van der Waals surface area contributed by atoms with Crippen LogP contribution in [0.3, 0.4) is 0 Å². The lowest BCUT2D eigenvalue weighted by atomic mass is 10.0. The lowest BCUT2D eigenvalue weighted by molar-refractivity contribution is 0.515. The Kier molecular flexibility index (Phi) is 2.93. The third-order valence-electron chi connectivity index (χ3n) is 1.72. The highest BCUT2D eigenvalue weighted by Gasteiger charge is 2.09. The van der Waals surface area contributed by atoms with Crippen molar-refractivity contribution in [3.8, 4) is 0 Å². The normalized spacial score (nSPS) is 24.0. The highest BCUT2D eigenvalue weighted by Crippen LogP contribution is 2.26. The summed E-state index contributed by atoms with van der Waals surface area (Å²) in [5.74, 6) is 0. The molecule has 2 heteroatoms. The maximum Gasteiger partial charge on any atom is 0.0113 e. The molecule has 0 aromatic heterocycles. The van der Waals surface area contributed by atoms with E-state index in [1.54, 1.807) is 0 Å². The lowest BCUT2D eigenvalue weighted by Gasteiger charge is -2.15. The Labute approximate surface area is 57.5 Å². The molecule has 0 N–H and O–H groups in total. The summed E-state index contributed by atoms with van der Waals surface area (Å²) in [6.07, 6.45) is 7.08. The molecule has 0 spiro atoms. The van der Waals surface area contributed by atoms with E-state index in [1.165, 1.54) is 39.5 Å². The molecule has 0 bridgehead atoms. The van der Waals surface area contributed by atoms with Crippen LogP contribution in [0.1, 0.15) is 32.1 Å². The smallest absolute Gasteiger partial charge is 0.0113 e. The van der Waals surface area contributed by atoms with E-state index in [-0.39, 0.29) is 0 Å². The first-order valence-corrected chi connectivity index (χ1v) is 5.23. The van der Waals surface area contributed by atoms with Gasteiger partial charge in [-0.3, -0.25) is 0 Å². The Bertz CT molecular complexity index is 76.6. The van der Waals surface area contributed by atoms with Crippen LogP contribution >= 0.6 is 7.36 Å². The fraction of sp³-hybridized carbons (Fsp3) is 1.00. The zero-order valence-electron chi connectivity index (χ0n) is 4.97. The van der Waals surface area contributed by atoms with Crippen molar-refractivity contribution in [2.75, 3.05) is 0 Å². The first kappa shape index (κ1) is 6.64. The highest BCUT2D eigenvalue weighted by molar-refractivity contribution is 7.96. The van der Waals surface area contributed by atoms with E-state index in [2.05, 4.69) is 0 Å². The van der Waals surface area contributed by atoms with E-state index >= 15 is 0 Å². The van der Waals surface area contributed by atoms with Crippen LogP contribution in [0, 0.1) is 0 Å². The predicted octanol–water partition coefficient (Wildman–Crippen LogP) is 2.73. The molecule has 46 valence electrons. The Morgan fingerprint density at radius 2 is 1.75 bits per heavy atom. The molecule has 0 amide bonds. The van der Waals surface area contributed by atoms with Crippen LogP contribution in [-0.2, 0) is 11.8 Å². The summed E-state index contributed by atoms with van der Waals surface area (Å²) in [6.45, 7) is 0. The van der Waals surface area contributed by atoms with Gasteiger partial charge in [0.1, 0.15) is 0 Å². The minimum atomic E-state index is 0.874. The molecule has 1 fully saturated rings. The molecule has 0 heterocycles. The van der Waals surface area contributed by atoms with Gasteiger partial charge in [0.2, 0.25) is 0 Å². The first-order valence-electron chi connectivity index (χ1n) is 3.26. The van der Waals surface area contributed by atoms with Crippen LogP contribution in [0.2, 0.25) is 0 Å². The van der Waals surface area contributed by atoms with Gasteiger partial charge in [-0.15, -0.1) is 0 Å².